The molecule has 10 nitrogen and oxygen atoms in total. The zero-order valence-corrected chi connectivity index (χ0v) is 19.8. The van der Waals surface area contributed by atoms with E-state index < -0.39 is 11.2 Å². The van der Waals surface area contributed by atoms with E-state index in [4.69, 9.17) is 38.8 Å². The van der Waals surface area contributed by atoms with Crippen molar-refractivity contribution in [2.75, 3.05) is 11.7 Å². The molecule has 19 heteroatoms. The average Bonchev–Trinajstić information content (AvgIpc) is 2.73. The summed E-state index contributed by atoms with van der Waals surface area (Å²) in [6, 6.07) is 0. The maximum atomic E-state index is 10.0. The minimum Gasteiger partial charge on any atom is -0.615 e. The number of rotatable bonds is 2. The van der Waals surface area contributed by atoms with Crippen LogP contribution in [0.4, 0.5) is 0 Å². The lowest BCUT2D eigenvalue weighted by molar-refractivity contribution is 0.359. The summed E-state index contributed by atoms with van der Waals surface area (Å²) in [4.78, 5) is 0. The highest BCUT2D eigenvalue weighted by molar-refractivity contribution is 7.91. The van der Waals surface area contributed by atoms with Crippen LogP contribution in [0, 0.1) is 0 Å². The van der Waals surface area contributed by atoms with Gasteiger partial charge in [-0.05, 0) is 118 Å². The summed E-state index contributed by atoms with van der Waals surface area (Å²) in [5.41, 5.74) is 0. The predicted molar refractivity (Wildman–Crippen MR) is 113 cm³/mol. The van der Waals surface area contributed by atoms with Gasteiger partial charge in [-0.25, -0.2) is 0 Å². The Bertz CT molecular complexity index is 99.8. The van der Waals surface area contributed by atoms with Crippen LogP contribution in [-0.4, -0.2) is 55.0 Å². The van der Waals surface area contributed by atoms with Gasteiger partial charge in [0.25, 0.3) is 0 Å². The Balaban J connectivity index is -0.0000000132. The van der Waals surface area contributed by atoms with Gasteiger partial charge in [-0.1, -0.05) is 0 Å². The maximum Gasteiger partial charge on any atom is 0.203 e. The number of aliphatic hydroxyl groups excluding tert-OH is 1. The predicted octanol–water partition coefficient (Wildman–Crippen LogP) is -7.27. The molecule has 0 saturated heterocycles. The second-order valence-corrected chi connectivity index (χ2v) is 2.57. The third-order valence-electron chi connectivity index (χ3n) is 0.466. The van der Waals surface area contributed by atoms with Gasteiger partial charge in [0.15, 0.2) is 0 Å². The molecular formula is C3H24O10S9. The highest BCUT2D eigenvalue weighted by atomic mass is 32.2. The minimum absolute atomic E-state index is 0.198. The Morgan fingerprint density at radius 1 is 0.636 bits per heavy atom. The first-order chi connectivity index (χ1) is 10.8. The summed E-state index contributed by atoms with van der Waals surface area (Å²) in [5.74, 6) is 0.354. The molecule has 0 saturated carbocycles. The maximum absolute atomic E-state index is 10.0. The van der Waals surface area contributed by atoms with Crippen molar-refractivity contribution in [3.05, 3.63) is 0 Å². The van der Waals surface area contributed by atoms with Crippen molar-refractivity contribution < 1.29 is 43.3 Å². The van der Waals surface area contributed by atoms with Crippen LogP contribution in [0.3, 0.4) is 0 Å². The van der Waals surface area contributed by atoms with Gasteiger partial charge in [-0.2, -0.15) is 0 Å². The van der Waals surface area contributed by atoms with Crippen molar-refractivity contribution in [1.29, 1.82) is 0 Å². The fourth-order valence-electron chi connectivity index (χ4n) is 0.0913. The van der Waals surface area contributed by atoms with Crippen LogP contribution >= 0.6 is 0 Å². The molecule has 0 aromatic rings. The summed E-state index contributed by atoms with van der Waals surface area (Å²) in [5, 5.41) is 8.03. The van der Waals surface area contributed by atoms with Crippen molar-refractivity contribution >= 4 is 111 Å². The van der Waals surface area contributed by atoms with Crippen LogP contribution in [0.15, 0.2) is 0 Å². The lowest BCUT2D eigenvalue weighted by Crippen LogP contribution is -2.06. The molecule has 0 aromatic carbocycles. The zero-order chi connectivity index (χ0) is 21.0. The van der Waals surface area contributed by atoms with Crippen molar-refractivity contribution in [2.24, 2.45) is 0 Å². The molecule has 0 amide bonds. The lowest BCUT2D eigenvalue weighted by Gasteiger charge is -2.00. The molecule has 0 aliphatic heterocycles. The average molecular weight is 509 g/mol. The van der Waals surface area contributed by atoms with E-state index in [9.17, 15) is 4.55 Å². The molecule has 0 rings (SSSR count). The topological polar surface area (TPSA) is 180 Å². The summed E-state index contributed by atoms with van der Waals surface area (Å²) in [6.45, 7) is 1.77. The Morgan fingerprint density at radius 2 is 0.773 bits per heavy atom. The third kappa shape index (κ3) is 301. The number of hydrogen-bond acceptors (Lipinski definition) is 10. The molecule has 0 aromatic heterocycles. The fraction of sp³-hybridized carbons (Fsp3) is 1.00. The molecule has 0 bridgehead atoms. The van der Waals surface area contributed by atoms with E-state index in [0.29, 0.717) is 5.75 Å². The van der Waals surface area contributed by atoms with Crippen LogP contribution in [0.5, 0.6) is 0 Å². The normalized spacial score (nSPS) is 5.77. The van der Waals surface area contributed by atoms with Crippen LogP contribution < -0.4 is 0 Å². The Hall–Kier alpha value is 1.47. The monoisotopic (exact) mass is 508 g/mol. The molecule has 150 valence electrons. The molecule has 0 aliphatic rings. The van der Waals surface area contributed by atoms with Crippen molar-refractivity contribution in [2.45, 2.75) is 6.92 Å². The molecular weight excluding hydrogens is 485 g/mol. The van der Waals surface area contributed by atoms with Gasteiger partial charge in [0, 0.05) is 0 Å². The van der Waals surface area contributed by atoms with E-state index in [2.05, 4.69) is 0 Å². The molecule has 1 unspecified atom stereocenters. The quantitative estimate of drug-likeness (QED) is 0.352. The number of aliphatic hydroxyl groups is 1. The first-order valence-electron chi connectivity index (χ1n) is 3.40. The van der Waals surface area contributed by atoms with Gasteiger partial charge in [0.1, 0.15) is 5.75 Å². The van der Waals surface area contributed by atoms with Gasteiger partial charge in [-0.3, -0.25) is 33.7 Å². The molecule has 1 N–H and O–H groups in total. The van der Waals surface area contributed by atoms with Crippen molar-refractivity contribution in [3.8, 4) is 0 Å². The van der Waals surface area contributed by atoms with E-state index in [1.54, 1.807) is 107 Å². The molecule has 1 atom stereocenters. The van der Waals surface area contributed by atoms with Crippen LogP contribution in [0.25, 0.3) is 0 Å². The molecule has 0 fully saturated rings. The van der Waals surface area contributed by atoms with Gasteiger partial charge >= 0.3 is 0 Å². The number of hydrogen-bond donors (Lipinski definition) is 1. The molecule has 0 heterocycles. The SMILES string of the molecule is CC[S+]([O-])CO.O=[SH2].O=[SH2].O=[SH2].O=[SH2].O=[SH2].O=[SH2].O=[SH2].O=[SH2]. The first-order valence-corrected chi connectivity index (χ1v) is 8.15. The van der Waals surface area contributed by atoms with E-state index in [1.165, 1.54) is 0 Å². The Kier molecular flexibility index (Phi) is 637. The smallest absolute Gasteiger partial charge is 0.203 e. The minimum atomic E-state index is -0.978. The molecule has 0 aliphatic carbocycles. The summed E-state index contributed by atoms with van der Waals surface area (Å²) in [6.07, 6.45) is 0. The van der Waals surface area contributed by atoms with Crippen LogP contribution in [0.2, 0.25) is 0 Å². The van der Waals surface area contributed by atoms with E-state index in [1.807, 2.05) is 0 Å². The van der Waals surface area contributed by atoms with E-state index >= 15 is 0 Å². The molecule has 0 radical (unpaired) electrons. The summed E-state index contributed by atoms with van der Waals surface area (Å²) >= 11 is 12.8. The molecule has 22 heavy (non-hydrogen) atoms. The summed E-state index contributed by atoms with van der Waals surface area (Å²) in [7, 11) is 0. The van der Waals surface area contributed by atoms with Gasteiger partial charge in [0.2, 0.25) is 5.94 Å². The summed E-state index contributed by atoms with van der Waals surface area (Å²) < 4.78 is 74.5. The Labute approximate surface area is 172 Å². The third-order valence-corrected chi connectivity index (χ3v) is 1.40. The van der Waals surface area contributed by atoms with E-state index in [0.717, 1.165) is 0 Å². The van der Waals surface area contributed by atoms with Gasteiger partial charge in [0.05, 0.1) is 0 Å². The van der Waals surface area contributed by atoms with E-state index in [-0.39, 0.29) is 5.94 Å². The molecule has 0 spiro atoms. The zero-order valence-electron chi connectivity index (χ0n) is 10.9. The Morgan fingerprint density at radius 3 is 0.773 bits per heavy atom. The van der Waals surface area contributed by atoms with Gasteiger partial charge in [-0.15, -0.1) is 0 Å². The highest BCUT2D eigenvalue weighted by Crippen LogP contribution is 1.82. The van der Waals surface area contributed by atoms with Crippen LogP contribution in [-0.2, 0) is 111 Å². The second-order valence-electron chi connectivity index (χ2n) is 0.858. The fourth-order valence-corrected chi connectivity index (χ4v) is 0.274. The van der Waals surface area contributed by atoms with Crippen molar-refractivity contribution in [1.82, 2.24) is 0 Å². The lowest BCUT2D eigenvalue weighted by atomic mass is 11.0. The largest absolute Gasteiger partial charge is 0.615 e. The van der Waals surface area contributed by atoms with Gasteiger partial charge < -0.3 is 9.66 Å². The van der Waals surface area contributed by atoms with Crippen molar-refractivity contribution in [3.63, 3.8) is 0 Å². The standard InChI is InChI=1S/C3H8O2S.8H2OS/c1-2-6(5)3-4;8*1-2/h4H,2-3H2,1H3;8*2H2. The first kappa shape index (κ1) is 56.6. The van der Waals surface area contributed by atoms with Crippen LogP contribution in [0.1, 0.15) is 6.92 Å². The second kappa shape index (κ2) is 247. The highest BCUT2D eigenvalue weighted by Gasteiger charge is 1.92.